The Hall–Kier alpha value is -3.00. The van der Waals surface area contributed by atoms with Crippen LogP contribution in [0.2, 0.25) is 0 Å². The lowest BCUT2D eigenvalue weighted by molar-refractivity contribution is 0.0947. The minimum absolute atomic E-state index is 0.167. The normalized spacial score (nSPS) is 10.6. The molecule has 0 aliphatic heterocycles. The van der Waals surface area contributed by atoms with Gasteiger partial charge in [0, 0.05) is 6.54 Å². The van der Waals surface area contributed by atoms with Crippen LogP contribution in [-0.2, 0) is 6.54 Å². The van der Waals surface area contributed by atoms with Gasteiger partial charge in [0.25, 0.3) is 11.5 Å². The summed E-state index contributed by atoms with van der Waals surface area (Å²) >= 11 is 1.25. The summed E-state index contributed by atoms with van der Waals surface area (Å²) in [4.78, 5) is 27.0. The Kier molecular flexibility index (Phi) is 4.62. The molecule has 2 heterocycles. The second kappa shape index (κ2) is 6.86. The summed E-state index contributed by atoms with van der Waals surface area (Å²) in [5.41, 5.74) is 0.340. The summed E-state index contributed by atoms with van der Waals surface area (Å²) in [6.07, 6.45) is 0. The first-order chi connectivity index (χ1) is 12.0. The van der Waals surface area contributed by atoms with Gasteiger partial charge in [-0.1, -0.05) is 6.07 Å². The van der Waals surface area contributed by atoms with E-state index in [1.165, 1.54) is 25.6 Å². The largest absolute Gasteiger partial charge is 0.505 e. The molecule has 0 spiro atoms. The molecule has 0 fully saturated rings. The SMILES string of the molecule is COc1ccc(CNC(=O)c2c(O)c3sccc3[nH]c2=O)cc1OC. The van der Waals surface area contributed by atoms with Crippen molar-refractivity contribution in [2.75, 3.05) is 14.2 Å². The Morgan fingerprint density at radius 2 is 2.00 bits per heavy atom. The van der Waals surface area contributed by atoms with Gasteiger partial charge in [-0.05, 0) is 29.1 Å². The molecule has 130 valence electrons. The van der Waals surface area contributed by atoms with Gasteiger partial charge in [-0.3, -0.25) is 9.59 Å². The zero-order valence-corrected chi connectivity index (χ0v) is 14.4. The van der Waals surface area contributed by atoms with Gasteiger partial charge < -0.3 is 24.9 Å². The fraction of sp³-hybridized carbons (Fsp3) is 0.176. The fourth-order valence-corrected chi connectivity index (χ4v) is 3.27. The molecule has 0 unspecified atom stereocenters. The van der Waals surface area contributed by atoms with Crippen LogP contribution < -0.4 is 20.3 Å². The molecule has 8 heteroatoms. The number of thiophene rings is 1. The van der Waals surface area contributed by atoms with Gasteiger partial charge in [0.1, 0.15) is 5.56 Å². The third-order valence-corrected chi connectivity index (χ3v) is 4.64. The number of amides is 1. The second-order valence-corrected chi connectivity index (χ2v) is 6.13. The summed E-state index contributed by atoms with van der Waals surface area (Å²) in [6.45, 7) is 0.167. The van der Waals surface area contributed by atoms with Crippen molar-refractivity contribution in [3.05, 3.63) is 51.1 Å². The number of aromatic nitrogens is 1. The van der Waals surface area contributed by atoms with E-state index >= 15 is 0 Å². The molecule has 3 rings (SSSR count). The molecule has 0 radical (unpaired) electrons. The van der Waals surface area contributed by atoms with Gasteiger partial charge >= 0.3 is 0 Å². The molecule has 3 N–H and O–H groups in total. The molecule has 0 atom stereocenters. The van der Waals surface area contributed by atoms with Crippen LogP contribution in [0.4, 0.5) is 0 Å². The van der Waals surface area contributed by atoms with E-state index in [2.05, 4.69) is 10.3 Å². The van der Waals surface area contributed by atoms with Crippen LogP contribution >= 0.6 is 11.3 Å². The summed E-state index contributed by atoms with van der Waals surface area (Å²) in [5, 5.41) is 14.6. The average molecular weight is 360 g/mol. The van der Waals surface area contributed by atoms with E-state index < -0.39 is 11.5 Å². The van der Waals surface area contributed by atoms with Crippen molar-refractivity contribution in [2.45, 2.75) is 6.54 Å². The molecule has 0 saturated heterocycles. The highest BCUT2D eigenvalue weighted by Crippen LogP contribution is 2.30. The number of pyridine rings is 1. The van der Waals surface area contributed by atoms with Crippen LogP contribution in [0.1, 0.15) is 15.9 Å². The number of rotatable bonds is 5. The van der Waals surface area contributed by atoms with E-state index in [1.807, 2.05) is 0 Å². The Morgan fingerprint density at radius 1 is 1.24 bits per heavy atom. The number of hydrogen-bond donors (Lipinski definition) is 3. The third kappa shape index (κ3) is 3.16. The second-order valence-electron chi connectivity index (χ2n) is 5.21. The molecule has 25 heavy (non-hydrogen) atoms. The van der Waals surface area contributed by atoms with Crippen molar-refractivity contribution < 1.29 is 19.4 Å². The topological polar surface area (TPSA) is 101 Å². The smallest absolute Gasteiger partial charge is 0.265 e. The molecule has 3 aromatic rings. The predicted octanol–water partition coefficient (Wildman–Crippen LogP) is 2.24. The minimum Gasteiger partial charge on any atom is -0.505 e. The van der Waals surface area contributed by atoms with Gasteiger partial charge in [-0.2, -0.15) is 0 Å². The molecule has 0 aliphatic carbocycles. The molecule has 1 amide bonds. The molecule has 0 aliphatic rings. The predicted molar refractivity (Wildman–Crippen MR) is 94.8 cm³/mol. The Balaban J connectivity index is 1.83. The van der Waals surface area contributed by atoms with Crippen molar-refractivity contribution in [1.29, 1.82) is 0 Å². The average Bonchev–Trinajstić information content (AvgIpc) is 3.08. The van der Waals surface area contributed by atoms with Gasteiger partial charge in [0.15, 0.2) is 17.2 Å². The van der Waals surface area contributed by atoms with E-state index in [0.29, 0.717) is 21.7 Å². The number of benzene rings is 1. The lowest BCUT2D eigenvalue weighted by Crippen LogP contribution is -2.29. The molecular formula is C17H16N2O5S. The molecule has 0 bridgehead atoms. The molecule has 7 nitrogen and oxygen atoms in total. The maximum Gasteiger partial charge on any atom is 0.265 e. The Labute approximate surface area is 146 Å². The van der Waals surface area contributed by atoms with Gasteiger partial charge in [0.2, 0.25) is 0 Å². The first-order valence-corrected chi connectivity index (χ1v) is 8.24. The summed E-state index contributed by atoms with van der Waals surface area (Å²) in [6, 6.07) is 6.90. The first kappa shape index (κ1) is 16.8. The van der Waals surface area contributed by atoms with E-state index in [-0.39, 0.29) is 17.9 Å². The maximum atomic E-state index is 12.4. The van der Waals surface area contributed by atoms with Crippen molar-refractivity contribution in [3.8, 4) is 17.2 Å². The number of methoxy groups -OCH3 is 2. The Bertz CT molecular complexity index is 992. The third-order valence-electron chi connectivity index (χ3n) is 3.72. The van der Waals surface area contributed by atoms with Crippen LogP contribution in [0.15, 0.2) is 34.4 Å². The quantitative estimate of drug-likeness (QED) is 0.648. The van der Waals surface area contributed by atoms with Gasteiger partial charge in [-0.25, -0.2) is 0 Å². The number of nitrogens with one attached hydrogen (secondary N) is 2. The molecule has 2 aromatic heterocycles. The number of hydrogen-bond acceptors (Lipinski definition) is 6. The van der Waals surface area contributed by atoms with Crippen LogP contribution in [0.5, 0.6) is 17.2 Å². The van der Waals surface area contributed by atoms with Crippen LogP contribution in [0.3, 0.4) is 0 Å². The highest BCUT2D eigenvalue weighted by Gasteiger charge is 2.19. The first-order valence-electron chi connectivity index (χ1n) is 7.36. The standard InChI is InChI=1S/C17H16N2O5S/c1-23-11-4-3-9(7-12(11)24-2)8-18-16(21)13-14(20)15-10(5-6-25-15)19-17(13)22/h3-7H,8H2,1-2H3,(H,18,21)(H2,19,20,22). The monoisotopic (exact) mass is 360 g/mol. The highest BCUT2D eigenvalue weighted by atomic mass is 32.1. The highest BCUT2D eigenvalue weighted by molar-refractivity contribution is 7.17. The number of H-pyrrole nitrogens is 1. The maximum absolute atomic E-state index is 12.4. The van der Waals surface area contributed by atoms with E-state index in [1.54, 1.807) is 29.6 Å². The summed E-state index contributed by atoms with van der Waals surface area (Å²) in [5.74, 6) is 0.159. The van der Waals surface area contributed by atoms with Gasteiger partial charge in [0.05, 0.1) is 24.4 Å². The van der Waals surface area contributed by atoms with Crippen LogP contribution in [-0.4, -0.2) is 30.2 Å². The fourth-order valence-electron chi connectivity index (χ4n) is 2.47. The zero-order valence-electron chi connectivity index (χ0n) is 13.6. The van der Waals surface area contributed by atoms with Crippen molar-refractivity contribution >= 4 is 27.5 Å². The van der Waals surface area contributed by atoms with E-state index in [4.69, 9.17) is 9.47 Å². The van der Waals surface area contributed by atoms with Gasteiger partial charge in [-0.15, -0.1) is 11.3 Å². The molecular weight excluding hydrogens is 344 g/mol. The van der Waals surface area contributed by atoms with E-state index in [0.717, 1.165) is 5.56 Å². The molecule has 1 aromatic carbocycles. The molecule has 0 saturated carbocycles. The van der Waals surface area contributed by atoms with E-state index in [9.17, 15) is 14.7 Å². The number of aromatic amines is 1. The number of carbonyl (C=O) groups is 1. The van der Waals surface area contributed by atoms with Crippen molar-refractivity contribution in [1.82, 2.24) is 10.3 Å². The minimum atomic E-state index is -0.649. The number of ether oxygens (including phenoxy) is 2. The number of aromatic hydroxyl groups is 1. The zero-order chi connectivity index (χ0) is 18.0. The van der Waals surface area contributed by atoms with Crippen molar-refractivity contribution in [3.63, 3.8) is 0 Å². The van der Waals surface area contributed by atoms with Crippen molar-refractivity contribution in [2.24, 2.45) is 0 Å². The number of carbonyl (C=O) groups excluding carboxylic acids is 1. The summed E-state index contributed by atoms with van der Waals surface area (Å²) in [7, 11) is 3.06. The Morgan fingerprint density at radius 3 is 2.72 bits per heavy atom. The van der Waals surface area contributed by atoms with Crippen LogP contribution in [0, 0.1) is 0 Å². The number of fused-ring (bicyclic) bond motifs is 1. The lowest BCUT2D eigenvalue weighted by Gasteiger charge is -2.10. The van der Waals surface area contributed by atoms with Crippen LogP contribution in [0.25, 0.3) is 10.2 Å². The lowest BCUT2D eigenvalue weighted by atomic mass is 10.1. The summed E-state index contributed by atoms with van der Waals surface area (Å²) < 4.78 is 10.8.